The van der Waals surface area contributed by atoms with E-state index in [1.165, 1.54) is 36.3 Å². The van der Waals surface area contributed by atoms with Crippen molar-refractivity contribution in [1.29, 1.82) is 0 Å². The Hall–Kier alpha value is -2.98. The van der Waals surface area contributed by atoms with E-state index in [0.717, 1.165) is 36.4 Å². The highest BCUT2D eigenvalue weighted by atomic mass is 35.5. The first-order valence-corrected chi connectivity index (χ1v) is 17.1. The first kappa shape index (κ1) is 33.9. The molecule has 0 saturated heterocycles. The van der Waals surface area contributed by atoms with Gasteiger partial charge in [-0.25, -0.2) is 8.42 Å². The fourth-order valence-corrected chi connectivity index (χ4v) is 7.53. The van der Waals surface area contributed by atoms with Gasteiger partial charge < -0.3 is 15.0 Å². The lowest BCUT2D eigenvalue weighted by Crippen LogP contribution is -2.54. The van der Waals surface area contributed by atoms with E-state index in [2.05, 4.69) is 5.32 Å². The van der Waals surface area contributed by atoms with Crippen LogP contribution in [-0.4, -0.2) is 50.9 Å². The Balaban J connectivity index is 1.78. The lowest BCUT2D eigenvalue weighted by Gasteiger charge is -2.35. The molecule has 0 spiro atoms. The standard InChI is InChI=1S/C32H36Cl3N3O5S/c1-3-28(32(40)36-23-11-6-4-7-12-23)37(20-25-26(34)15-10-16-27(25)35)31(39)21-38(29-19-22(33)17-18-30(29)43-2)44(41,42)24-13-8-5-9-14-24/h5,8-10,13-19,23,28H,3-4,6-7,11-12,20-21H2,1-2H3,(H,36,40)/t28-/m0/s1. The van der Waals surface area contributed by atoms with E-state index in [1.54, 1.807) is 49.4 Å². The van der Waals surface area contributed by atoms with Gasteiger partial charge in [-0.15, -0.1) is 0 Å². The molecule has 12 heteroatoms. The van der Waals surface area contributed by atoms with Crippen molar-refractivity contribution >= 4 is 62.3 Å². The van der Waals surface area contributed by atoms with Crippen LogP contribution in [0.3, 0.4) is 0 Å². The number of amides is 2. The number of carbonyl (C=O) groups is 2. The van der Waals surface area contributed by atoms with Crippen LogP contribution in [0.25, 0.3) is 0 Å². The van der Waals surface area contributed by atoms with Crippen molar-refractivity contribution in [3.8, 4) is 5.75 Å². The molecule has 1 aliphatic carbocycles. The Morgan fingerprint density at radius 1 is 0.955 bits per heavy atom. The molecule has 1 aliphatic rings. The van der Waals surface area contributed by atoms with Gasteiger partial charge in [-0.2, -0.15) is 0 Å². The molecule has 1 N–H and O–H groups in total. The molecule has 3 aromatic carbocycles. The molecule has 0 unspecified atom stereocenters. The summed E-state index contributed by atoms with van der Waals surface area (Å²) >= 11 is 19.3. The van der Waals surface area contributed by atoms with Gasteiger partial charge in [-0.3, -0.25) is 13.9 Å². The molecule has 44 heavy (non-hydrogen) atoms. The third-order valence-electron chi connectivity index (χ3n) is 7.75. The van der Waals surface area contributed by atoms with Crippen molar-refractivity contribution in [3.05, 3.63) is 87.4 Å². The summed E-state index contributed by atoms with van der Waals surface area (Å²) in [5.41, 5.74) is 0.526. The maximum atomic E-state index is 14.4. The Bertz CT molecular complexity index is 1550. The van der Waals surface area contributed by atoms with Crippen LogP contribution in [-0.2, 0) is 26.2 Å². The van der Waals surface area contributed by atoms with Crippen LogP contribution in [0.2, 0.25) is 15.1 Å². The van der Waals surface area contributed by atoms with E-state index in [4.69, 9.17) is 39.5 Å². The highest BCUT2D eigenvalue weighted by Crippen LogP contribution is 2.35. The van der Waals surface area contributed by atoms with Crippen LogP contribution in [0.1, 0.15) is 51.0 Å². The van der Waals surface area contributed by atoms with Gasteiger partial charge in [0.1, 0.15) is 18.3 Å². The number of carbonyl (C=O) groups excluding carboxylic acids is 2. The Morgan fingerprint density at radius 3 is 2.23 bits per heavy atom. The monoisotopic (exact) mass is 679 g/mol. The van der Waals surface area contributed by atoms with Gasteiger partial charge in [-0.1, -0.05) is 85.3 Å². The molecule has 0 bridgehead atoms. The number of anilines is 1. The summed E-state index contributed by atoms with van der Waals surface area (Å²) in [4.78, 5) is 29.4. The third kappa shape index (κ3) is 7.99. The zero-order valence-corrected chi connectivity index (χ0v) is 27.7. The number of methoxy groups -OCH3 is 1. The molecule has 0 radical (unpaired) electrons. The van der Waals surface area contributed by atoms with Crippen molar-refractivity contribution in [2.24, 2.45) is 0 Å². The molecule has 0 aromatic heterocycles. The van der Waals surface area contributed by atoms with E-state index in [0.29, 0.717) is 15.6 Å². The van der Waals surface area contributed by atoms with Crippen LogP contribution >= 0.6 is 34.8 Å². The molecule has 1 fully saturated rings. The van der Waals surface area contributed by atoms with Gasteiger partial charge in [0.15, 0.2) is 0 Å². The quantitative estimate of drug-likeness (QED) is 0.220. The molecule has 2 amide bonds. The van der Waals surface area contributed by atoms with Crippen LogP contribution < -0.4 is 14.4 Å². The van der Waals surface area contributed by atoms with Crippen LogP contribution in [0.15, 0.2) is 71.6 Å². The molecule has 4 rings (SSSR count). The summed E-state index contributed by atoms with van der Waals surface area (Å²) in [6.45, 7) is 1.04. The predicted octanol–water partition coefficient (Wildman–Crippen LogP) is 7.11. The van der Waals surface area contributed by atoms with Crippen LogP contribution in [0, 0.1) is 0 Å². The lowest BCUT2D eigenvalue weighted by atomic mass is 9.95. The van der Waals surface area contributed by atoms with E-state index < -0.39 is 28.5 Å². The van der Waals surface area contributed by atoms with Gasteiger partial charge in [0.2, 0.25) is 11.8 Å². The molecule has 236 valence electrons. The zero-order chi connectivity index (χ0) is 31.9. The molecule has 3 aromatic rings. The van der Waals surface area contributed by atoms with Gasteiger partial charge in [-0.05, 0) is 61.7 Å². The zero-order valence-electron chi connectivity index (χ0n) is 24.6. The maximum Gasteiger partial charge on any atom is 0.264 e. The summed E-state index contributed by atoms with van der Waals surface area (Å²) < 4.78 is 34.7. The number of ether oxygens (including phenoxy) is 1. The Morgan fingerprint density at radius 2 is 1.61 bits per heavy atom. The van der Waals surface area contributed by atoms with Crippen LogP contribution in [0.5, 0.6) is 5.75 Å². The van der Waals surface area contributed by atoms with Crippen molar-refractivity contribution in [1.82, 2.24) is 10.2 Å². The van der Waals surface area contributed by atoms with Crippen molar-refractivity contribution < 1.29 is 22.7 Å². The molecule has 1 saturated carbocycles. The summed E-state index contributed by atoms with van der Waals surface area (Å²) in [6.07, 6.45) is 5.17. The highest BCUT2D eigenvalue weighted by Gasteiger charge is 2.36. The van der Waals surface area contributed by atoms with E-state index in [9.17, 15) is 18.0 Å². The number of halogens is 3. The molecule has 0 aliphatic heterocycles. The minimum atomic E-state index is -4.30. The van der Waals surface area contributed by atoms with Crippen molar-refractivity contribution in [2.75, 3.05) is 18.0 Å². The van der Waals surface area contributed by atoms with E-state index in [1.807, 2.05) is 0 Å². The number of hydrogen-bond acceptors (Lipinski definition) is 5. The number of rotatable bonds is 12. The summed E-state index contributed by atoms with van der Waals surface area (Å²) in [6, 6.07) is 16.4. The fraction of sp³-hybridized carbons (Fsp3) is 0.375. The Labute approximate surface area is 274 Å². The molecule has 0 heterocycles. The Kier molecular flexibility index (Phi) is 11.8. The second kappa shape index (κ2) is 15.3. The summed E-state index contributed by atoms with van der Waals surface area (Å²) in [7, 11) is -2.90. The van der Waals surface area contributed by atoms with E-state index >= 15 is 0 Å². The van der Waals surface area contributed by atoms with Crippen molar-refractivity contribution in [3.63, 3.8) is 0 Å². The average molecular weight is 681 g/mol. The minimum Gasteiger partial charge on any atom is -0.495 e. The number of nitrogens with zero attached hydrogens (tertiary/aromatic N) is 2. The van der Waals surface area contributed by atoms with Crippen molar-refractivity contribution in [2.45, 2.75) is 69.0 Å². The van der Waals surface area contributed by atoms with E-state index in [-0.39, 0.29) is 46.3 Å². The first-order valence-electron chi connectivity index (χ1n) is 14.5. The SMILES string of the molecule is CC[C@@H](C(=O)NC1CCCCC1)N(Cc1c(Cl)cccc1Cl)C(=O)CN(c1cc(Cl)ccc1OC)S(=O)(=O)c1ccccc1. The topological polar surface area (TPSA) is 96.0 Å². The molecular weight excluding hydrogens is 645 g/mol. The second-order valence-electron chi connectivity index (χ2n) is 10.6. The normalized spacial score (nSPS) is 14.5. The highest BCUT2D eigenvalue weighted by molar-refractivity contribution is 7.92. The molecule has 1 atom stereocenters. The summed E-state index contributed by atoms with van der Waals surface area (Å²) in [5, 5.41) is 4.01. The smallest absolute Gasteiger partial charge is 0.264 e. The average Bonchev–Trinajstić information content (AvgIpc) is 3.01. The third-order valence-corrected chi connectivity index (χ3v) is 10.5. The van der Waals surface area contributed by atoms with Gasteiger partial charge in [0.05, 0.1) is 17.7 Å². The van der Waals surface area contributed by atoms with Gasteiger partial charge in [0, 0.05) is 33.2 Å². The maximum absolute atomic E-state index is 14.4. The molecular formula is C32H36Cl3N3O5S. The number of sulfonamides is 1. The first-order chi connectivity index (χ1) is 21.1. The predicted molar refractivity (Wildman–Crippen MR) is 175 cm³/mol. The number of hydrogen-bond donors (Lipinski definition) is 1. The fourth-order valence-electron chi connectivity index (χ4n) is 5.41. The summed E-state index contributed by atoms with van der Waals surface area (Å²) in [5.74, 6) is -0.744. The largest absolute Gasteiger partial charge is 0.495 e. The number of nitrogens with one attached hydrogen (secondary N) is 1. The molecule has 8 nitrogen and oxygen atoms in total. The lowest BCUT2D eigenvalue weighted by molar-refractivity contribution is -0.140. The minimum absolute atomic E-state index is 0.0110. The number of benzene rings is 3. The second-order valence-corrected chi connectivity index (χ2v) is 13.7. The van der Waals surface area contributed by atoms with Crippen LogP contribution in [0.4, 0.5) is 5.69 Å². The van der Waals surface area contributed by atoms with Gasteiger partial charge in [0.25, 0.3) is 10.0 Å². The van der Waals surface area contributed by atoms with Gasteiger partial charge >= 0.3 is 0 Å².